The summed E-state index contributed by atoms with van der Waals surface area (Å²) in [6, 6.07) is 16.0. The number of benzene rings is 2. The summed E-state index contributed by atoms with van der Waals surface area (Å²) in [6.07, 6.45) is 0. The van der Waals surface area contributed by atoms with Gasteiger partial charge in [0.05, 0.1) is 11.3 Å². The molecule has 3 rings (SSSR count). The maximum atomic E-state index is 12.2. The molecule has 7 heteroatoms. The highest BCUT2D eigenvalue weighted by Crippen LogP contribution is 2.24. The molecule has 1 heterocycles. The van der Waals surface area contributed by atoms with Crippen LogP contribution in [0.3, 0.4) is 0 Å². The summed E-state index contributed by atoms with van der Waals surface area (Å²) in [6.45, 7) is 3.31. The van der Waals surface area contributed by atoms with Crippen molar-refractivity contribution >= 4 is 40.1 Å². The van der Waals surface area contributed by atoms with Crippen molar-refractivity contribution in [2.45, 2.75) is 18.6 Å². The number of amides is 1. The number of carbonyl (C=O) groups excluding carboxylic acids is 1. The summed E-state index contributed by atoms with van der Waals surface area (Å²) < 4.78 is 0. The lowest BCUT2D eigenvalue weighted by molar-refractivity contribution is -0.118. The lowest BCUT2D eigenvalue weighted by atomic mass is 10.2. The Balaban J connectivity index is 1.58. The molecule has 0 atom stereocenters. The topological polar surface area (TPSA) is 70.2 Å². The minimum absolute atomic E-state index is 0.0385. The van der Waals surface area contributed by atoms with Crippen molar-refractivity contribution in [3.05, 3.63) is 54.1 Å². The summed E-state index contributed by atoms with van der Waals surface area (Å²) in [5.74, 6) is 1.04. The molecule has 3 aromatic rings. The second-order valence-corrected chi connectivity index (χ2v) is 7.47. The first kappa shape index (κ1) is 19.9. The Bertz CT molecular complexity index is 943. The number of rotatable bonds is 8. The number of anilines is 2. The summed E-state index contributed by atoms with van der Waals surface area (Å²) in [5, 5.41) is 7.80. The van der Waals surface area contributed by atoms with E-state index < -0.39 is 0 Å². The molecule has 6 nitrogen and oxygen atoms in total. The summed E-state index contributed by atoms with van der Waals surface area (Å²) in [5.41, 5.74) is 3.08. The Morgan fingerprint density at radius 2 is 1.82 bits per heavy atom. The van der Waals surface area contributed by atoms with Crippen LogP contribution in [0.25, 0.3) is 10.9 Å². The standard InChI is InChI=1S/C21H25N5OS/c1-4-22-20-17-7-5-6-8-18(17)24-21(25-20)28-14-19(27)23-13-15-9-11-16(12-10-15)26(2)3/h5-12H,4,13-14H2,1-3H3,(H,23,27)(H,22,24,25). The van der Waals surface area contributed by atoms with E-state index >= 15 is 0 Å². The van der Waals surface area contributed by atoms with Crippen molar-refractivity contribution in [1.82, 2.24) is 15.3 Å². The first-order valence-corrected chi connectivity index (χ1v) is 10.2. The van der Waals surface area contributed by atoms with Gasteiger partial charge in [-0.25, -0.2) is 9.97 Å². The maximum Gasteiger partial charge on any atom is 0.230 e. The highest BCUT2D eigenvalue weighted by molar-refractivity contribution is 7.99. The predicted octanol–water partition coefficient (Wildman–Crippen LogP) is 3.54. The molecule has 1 amide bonds. The number of para-hydroxylation sites is 1. The third kappa shape index (κ3) is 5.13. The van der Waals surface area contributed by atoms with Gasteiger partial charge in [0.2, 0.25) is 5.91 Å². The van der Waals surface area contributed by atoms with Gasteiger partial charge in [0.1, 0.15) is 5.82 Å². The van der Waals surface area contributed by atoms with Gasteiger partial charge >= 0.3 is 0 Å². The molecule has 0 aliphatic carbocycles. The third-order valence-corrected chi connectivity index (χ3v) is 5.05. The Hall–Kier alpha value is -2.80. The Labute approximate surface area is 169 Å². The highest BCUT2D eigenvalue weighted by atomic mass is 32.2. The lowest BCUT2D eigenvalue weighted by Gasteiger charge is -2.13. The van der Waals surface area contributed by atoms with E-state index in [2.05, 4.69) is 20.6 Å². The molecule has 0 aliphatic heterocycles. The van der Waals surface area contributed by atoms with E-state index in [0.29, 0.717) is 11.7 Å². The number of carbonyl (C=O) groups is 1. The number of hydrogen-bond donors (Lipinski definition) is 2. The molecule has 0 fully saturated rings. The normalized spacial score (nSPS) is 10.7. The molecule has 2 aromatic carbocycles. The molecule has 0 spiro atoms. The fourth-order valence-electron chi connectivity index (χ4n) is 2.72. The molecule has 0 saturated carbocycles. The van der Waals surface area contributed by atoms with Gasteiger partial charge in [-0.3, -0.25) is 4.79 Å². The third-order valence-electron chi connectivity index (χ3n) is 4.20. The molecule has 146 valence electrons. The Morgan fingerprint density at radius 1 is 1.07 bits per heavy atom. The van der Waals surface area contributed by atoms with E-state index in [0.717, 1.165) is 34.5 Å². The lowest BCUT2D eigenvalue weighted by Crippen LogP contribution is -2.24. The van der Waals surface area contributed by atoms with Crippen LogP contribution >= 0.6 is 11.8 Å². The van der Waals surface area contributed by atoms with Crippen molar-refractivity contribution in [3.63, 3.8) is 0 Å². The minimum Gasteiger partial charge on any atom is -0.378 e. The van der Waals surface area contributed by atoms with Gasteiger partial charge in [-0.2, -0.15) is 0 Å². The number of hydrogen-bond acceptors (Lipinski definition) is 6. The van der Waals surface area contributed by atoms with Gasteiger partial charge in [0.15, 0.2) is 5.16 Å². The summed E-state index contributed by atoms with van der Waals surface area (Å²) >= 11 is 1.34. The van der Waals surface area contributed by atoms with Crippen LogP contribution in [-0.2, 0) is 11.3 Å². The monoisotopic (exact) mass is 395 g/mol. The van der Waals surface area contributed by atoms with E-state index in [-0.39, 0.29) is 11.7 Å². The second kappa shape index (κ2) is 9.41. The van der Waals surface area contributed by atoms with E-state index in [1.54, 1.807) is 0 Å². The highest BCUT2D eigenvalue weighted by Gasteiger charge is 2.10. The Morgan fingerprint density at radius 3 is 2.54 bits per heavy atom. The van der Waals surface area contributed by atoms with Gasteiger partial charge < -0.3 is 15.5 Å². The zero-order chi connectivity index (χ0) is 19.9. The van der Waals surface area contributed by atoms with Crippen molar-refractivity contribution in [2.75, 3.05) is 36.6 Å². The van der Waals surface area contributed by atoms with Crippen molar-refractivity contribution in [3.8, 4) is 0 Å². The van der Waals surface area contributed by atoms with Crippen LogP contribution < -0.4 is 15.5 Å². The fraction of sp³-hybridized carbons (Fsp3) is 0.286. The Kier molecular flexibility index (Phi) is 6.71. The molecule has 2 N–H and O–H groups in total. The maximum absolute atomic E-state index is 12.2. The van der Waals surface area contributed by atoms with Crippen LogP contribution in [0.5, 0.6) is 0 Å². The molecule has 0 bridgehead atoms. The van der Waals surface area contributed by atoms with Crippen molar-refractivity contribution in [1.29, 1.82) is 0 Å². The van der Waals surface area contributed by atoms with E-state index in [4.69, 9.17) is 0 Å². The first-order valence-electron chi connectivity index (χ1n) is 9.23. The molecule has 0 unspecified atom stereocenters. The van der Waals surface area contributed by atoms with Crippen LogP contribution in [-0.4, -0.2) is 42.3 Å². The smallest absolute Gasteiger partial charge is 0.230 e. The van der Waals surface area contributed by atoms with Crippen LogP contribution in [0.4, 0.5) is 11.5 Å². The summed E-state index contributed by atoms with van der Waals surface area (Å²) in [7, 11) is 4.01. The molecule has 0 saturated heterocycles. The molecular formula is C21H25N5OS. The molecule has 0 radical (unpaired) electrons. The molecule has 28 heavy (non-hydrogen) atoms. The SMILES string of the molecule is CCNc1nc(SCC(=O)NCc2ccc(N(C)C)cc2)nc2ccccc12. The van der Waals surface area contributed by atoms with E-state index in [1.807, 2.05) is 74.4 Å². The number of nitrogens with one attached hydrogen (secondary N) is 2. The second-order valence-electron chi connectivity index (χ2n) is 6.53. The molecular weight excluding hydrogens is 370 g/mol. The van der Waals surface area contributed by atoms with Crippen LogP contribution in [0, 0.1) is 0 Å². The number of aromatic nitrogens is 2. The quantitative estimate of drug-likeness (QED) is 0.449. The van der Waals surface area contributed by atoms with E-state index in [9.17, 15) is 4.79 Å². The van der Waals surface area contributed by atoms with Gasteiger partial charge in [0.25, 0.3) is 0 Å². The zero-order valence-corrected chi connectivity index (χ0v) is 17.2. The average molecular weight is 396 g/mol. The van der Waals surface area contributed by atoms with Crippen molar-refractivity contribution < 1.29 is 4.79 Å². The largest absolute Gasteiger partial charge is 0.378 e. The van der Waals surface area contributed by atoms with Crippen LogP contribution in [0.1, 0.15) is 12.5 Å². The molecule has 1 aromatic heterocycles. The molecule has 0 aliphatic rings. The number of thioether (sulfide) groups is 1. The van der Waals surface area contributed by atoms with E-state index in [1.165, 1.54) is 11.8 Å². The average Bonchev–Trinajstić information content (AvgIpc) is 2.71. The predicted molar refractivity (Wildman–Crippen MR) is 117 cm³/mol. The zero-order valence-electron chi connectivity index (χ0n) is 16.4. The van der Waals surface area contributed by atoms with Crippen molar-refractivity contribution in [2.24, 2.45) is 0 Å². The first-order chi connectivity index (χ1) is 13.6. The fourth-order valence-corrected chi connectivity index (χ4v) is 3.40. The van der Waals surface area contributed by atoms with Crippen LogP contribution in [0.15, 0.2) is 53.7 Å². The van der Waals surface area contributed by atoms with Crippen LogP contribution in [0.2, 0.25) is 0 Å². The van der Waals surface area contributed by atoms with Gasteiger partial charge in [-0.15, -0.1) is 0 Å². The minimum atomic E-state index is -0.0385. The number of fused-ring (bicyclic) bond motifs is 1. The van der Waals surface area contributed by atoms with Gasteiger partial charge in [0, 0.05) is 38.3 Å². The van der Waals surface area contributed by atoms with Gasteiger partial charge in [-0.05, 0) is 36.8 Å². The summed E-state index contributed by atoms with van der Waals surface area (Å²) in [4.78, 5) is 23.4. The number of nitrogens with zero attached hydrogens (tertiary/aromatic N) is 3. The van der Waals surface area contributed by atoms with Gasteiger partial charge in [-0.1, -0.05) is 36.0 Å².